The molecule has 6 heteroatoms. The second-order valence-electron chi connectivity index (χ2n) is 3.63. The van der Waals surface area contributed by atoms with Crippen molar-refractivity contribution in [3.8, 4) is 10.4 Å². The van der Waals surface area contributed by atoms with E-state index in [1.54, 1.807) is 17.5 Å². The summed E-state index contributed by atoms with van der Waals surface area (Å²) in [6, 6.07) is 7.69. The summed E-state index contributed by atoms with van der Waals surface area (Å²) in [5.74, 6) is -4.82. The topological polar surface area (TPSA) is 0 Å². The van der Waals surface area contributed by atoms with Crippen LogP contribution in [0.25, 0.3) is 10.4 Å². The standard InChI is InChI=1S/C12H7F5S/c13-11(14,12(15,16)17)9-5-3-8(4-6-9)10-2-1-7-18-10/h1-7H. The van der Waals surface area contributed by atoms with Gasteiger partial charge in [-0.15, -0.1) is 11.3 Å². The predicted octanol–water partition coefficient (Wildman–Crippen LogP) is 5.07. The van der Waals surface area contributed by atoms with E-state index in [4.69, 9.17) is 0 Å². The Morgan fingerprint density at radius 3 is 1.89 bits per heavy atom. The third-order valence-electron chi connectivity index (χ3n) is 2.41. The molecule has 2 rings (SSSR count). The van der Waals surface area contributed by atoms with Gasteiger partial charge in [-0.2, -0.15) is 22.0 Å². The van der Waals surface area contributed by atoms with Crippen LogP contribution in [0.5, 0.6) is 0 Å². The number of rotatable bonds is 2. The van der Waals surface area contributed by atoms with Crippen LogP contribution in [0.2, 0.25) is 0 Å². The molecule has 0 nitrogen and oxygen atoms in total. The first kappa shape index (κ1) is 13.0. The molecule has 1 aromatic carbocycles. The van der Waals surface area contributed by atoms with Crippen LogP contribution >= 0.6 is 11.3 Å². The Balaban J connectivity index is 2.34. The Morgan fingerprint density at radius 2 is 1.44 bits per heavy atom. The van der Waals surface area contributed by atoms with Crippen LogP contribution in [0.1, 0.15) is 5.56 Å². The summed E-state index contributed by atoms with van der Waals surface area (Å²) in [5.41, 5.74) is -0.429. The van der Waals surface area contributed by atoms with E-state index in [-0.39, 0.29) is 0 Å². The van der Waals surface area contributed by atoms with Gasteiger partial charge in [0.25, 0.3) is 0 Å². The first-order valence-corrected chi connectivity index (χ1v) is 5.79. The molecular weight excluding hydrogens is 271 g/mol. The van der Waals surface area contributed by atoms with E-state index in [0.29, 0.717) is 5.56 Å². The number of thiophene rings is 1. The summed E-state index contributed by atoms with van der Waals surface area (Å²) in [7, 11) is 0. The van der Waals surface area contributed by atoms with E-state index >= 15 is 0 Å². The number of hydrogen-bond acceptors (Lipinski definition) is 1. The molecule has 0 saturated heterocycles. The van der Waals surface area contributed by atoms with E-state index in [9.17, 15) is 22.0 Å². The molecule has 0 radical (unpaired) electrons. The lowest BCUT2D eigenvalue weighted by atomic mass is 10.1. The Bertz CT molecular complexity index is 510. The van der Waals surface area contributed by atoms with E-state index in [1.807, 2.05) is 0 Å². The monoisotopic (exact) mass is 278 g/mol. The lowest BCUT2D eigenvalue weighted by Gasteiger charge is -2.19. The molecule has 0 unspecified atom stereocenters. The smallest absolute Gasteiger partial charge is 0.191 e. The van der Waals surface area contributed by atoms with Gasteiger partial charge in [0, 0.05) is 10.4 Å². The van der Waals surface area contributed by atoms with Crippen molar-refractivity contribution in [3.63, 3.8) is 0 Å². The summed E-state index contributed by atoms with van der Waals surface area (Å²) >= 11 is 1.39. The zero-order valence-electron chi connectivity index (χ0n) is 8.84. The highest BCUT2D eigenvalue weighted by Crippen LogP contribution is 2.44. The molecule has 0 spiro atoms. The van der Waals surface area contributed by atoms with Gasteiger partial charge in [-0.3, -0.25) is 0 Å². The Kier molecular flexibility index (Phi) is 3.14. The largest absolute Gasteiger partial charge is 0.458 e. The molecule has 18 heavy (non-hydrogen) atoms. The fraction of sp³-hybridized carbons (Fsp3) is 0.167. The fourth-order valence-corrected chi connectivity index (χ4v) is 2.18. The molecule has 0 saturated carbocycles. The first-order chi connectivity index (χ1) is 8.32. The molecule has 0 bridgehead atoms. The zero-order chi connectivity index (χ0) is 13.4. The van der Waals surface area contributed by atoms with Crippen LogP contribution in [0.4, 0.5) is 22.0 Å². The molecular formula is C12H7F5S. The van der Waals surface area contributed by atoms with E-state index in [1.165, 1.54) is 23.5 Å². The van der Waals surface area contributed by atoms with Gasteiger partial charge in [0.1, 0.15) is 0 Å². The Morgan fingerprint density at radius 1 is 0.833 bits per heavy atom. The van der Waals surface area contributed by atoms with Crippen molar-refractivity contribution in [2.45, 2.75) is 12.1 Å². The maximum atomic E-state index is 13.0. The quantitative estimate of drug-likeness (QED) is 0.673. The molecule has 0 fully saturated rings. The molecule has 1 heterocycles. The average molecular weight is 278 g/mol. The maximum absolute atomic E-state index is 13.0. The molecule has 0 aliphatic carbocycles. The van der Waals surface area contributed by atoms with Crippen LogP contribution in [-0.4, -0.2) is 6.18 Å². The van der Waals surface area contributed by atoms with Gasteiger partial charge in [-0.05, 0) is 17.0 Å². The highest BCUT2D eigenvalue weighted by Gasteiger charge is 2.58. The second kappa shape index (κ2) is 4.35. The molecule has 0 aliphatic rings. The van der Waals surface area contributed by atoms with Gasteiger partial charge in [0.2, 0.25) is 0 Å². The molecule has 0 amide bonds. The minimum Gasteiger partial charge on any atom is -0.191 e. The average Bonchev–Trinajstić information content (AvgIpc) is 2.81. The number of halogens is 5. The Labute approximate surface area is 104 Å². The zero-order valence-corrected chi connectivity index (χ0v) is 9.66. The van der Waals surface area contributed by atoms with E-state index in [0.717, 1.165) is 17.0 Å². The van der Waals surface area contributed by atoms with Gasteiger partial charge < -0.3 is 0 Å². The molecule has 0 aliphatic heterocycles. The van der Waals surface area contributed by atoms with Gasteiger partial charge in [-0.25, -0.2) is 0 Å². The summed E-state index contributed by atoms with van der Waals surface area (Å²) < 4.78 is 62.5. The van der Waals surface area contributed by atoms with E-state index < -0.39 is 17.7 Å². The van der Waals surface area contributed by atoms with Crippen molar-refractivity contribution in [3.05, 3.63) is 47.3 Å². The first-order valence-electron chi connectivity index (χ1n) is 4.91. The molecule has 96 valence electrons. The molecule has 2 aromatic rings. The van der Waals surface area contributed by atoms with Gasteiger partial charge in [0.15, 0.2) is 0 Å². The van der Waals surface area contributed by atoms with Crippen LogP contribution < -0.4 is 0 Å². The summed E-state index contributed by atoms with van der Waals surface area (Å²) in [5, 5.41) is 1.80. The third kappa shape index (κ3) is 2.25. The van der Waals surface area contributed by atoms with Crippen LogP contribution in [-0.2, 0) is 5.92 Å². The van der Waals surface area contributed by atoms with E-state index in [2.05, 4.69) is 0 Å². The molecule has 0 N–H and O–H groups in total. The number of benzene rings is 1. The van der Waals surface area contributed by atoms with Crippen molar-refractivity contribution in [2.24, 2.45) is 0 Å². The minimum absolute atomic E-state index is 0.617. The van der Waals surface area contributed by atoms with Crippen molar-refractivity contribution >= 4 is 11.3 Å². The summed E-state index contributed by atoms with van der Waals surface area (Å²) in [6.07, 6.45) is -5.57. The van der Waals surface area contributed by atoms with Crippen LogP contribution in [0.15, 0.2) is 41.8 Å². The second-order valence-corrected chi connectivity index (χ2v) is 4.57. The van der Waals surface area contributed by atoms with Crippen LogP contribution in [0, 0.1) is 0 Å². The van der Waals surface area contributed by atoms with Crippen molar-refractivity contribution in [2.75, 3.05) is 0 Å². The van der Waals surface area contributed by atoms with Crippen LogP contribution in [0.3, 0.4) is 0 Å². The molecule has 1 aromatic heterocycles. The minimum atomic E-state index is -5.57. The lowest BCUT2D eigenvalue weighted by Crippen LogP contribution is -2.33. The highest BCUT2D eigenvalue weighted by atomic mass is 32.1. The predicted molar refractivity (Wildman–Crippen MR) is 59.7 cm³/mol. The fourth-order valence-electron chi connectivity index (χ4n) is 1.45. The number of alkyl halides is 5. The third-order valence-corrected chi connectivity index (χ3v) is 3.33. The van der Waals surface area contributed by atoms with Crippen molar-refractivity contribution in [1.82, 2.24) is 0 Å². The summed E-state index contributed by atoms with van der Waals surface area (Å²) in [4.78, 5) is 0.817. The van der Waals surface area contributed by atoms with Gasteiger partial charge in [-0.1, -0.05) is 30.3 Å². The SMILES string of the molecule is FC(F)(F)C(F)(F)c1ccc(-c2cccs2)cc1. The number of hydrogen-bond donors (Lipinski definition) is 0. The van der Waals surface area contributed by atoms with Crippen molar-refractivity contribution in [1.29, 1.82) is 0 Å². The normalized spacial score (nSPS) is 12.7. The summed E-state index contributed by atoms with van der Waals surface area (Å²) in [6.45, 7) is 0. The van der Waals surface area contributed by atoms with Crippen molar-refractivity contribution < 1.29 is 22.0 Å². The van der Waals surface area contributed by atoms with Gasteiger partial charge >= 0.3 is 12.1 Å². The highest BCUT2D eigenvalue weighted by molar-refractivity contribution is 7.13. The van der Waals surface area contributed by atoms with Gasteiger partial charge in [0.05, 0.1) is 0 Å². The maximum Gasteiger partial charge on any atom is 0.458 e. The lowest BCUT2D eigenvalue weighted by molar-refractivity contribution is -0.289. The Hall–Kier alpha value is -1.43. The molecule has 0 atom stereocenters.